The number of rotatable bonds is 4. The number of aliphatic hydroxyl groups is 1. The third-order valence-corrected chi connectivity index (χ3v) is 2.60. The smallest absolute Gasteiger partial charge is 0.0718 e. The highest BCUT2D eigenvalue weighted by molar-refractivity contribution is 4.79. The van der Waals surface area contributed by atoms with Crippen molar-refractivity contribution in [2.45, 2.75) is 31.8 Å². The summed E-state index contributed by atoms with van der Waals surface area (Å²) in [4.78, 5) is 0. The fourth-order valence-corrected chi connectivity index (χ4v) is 1.69. The van der Waals surface area contributed by atoms with E-state index < -0.39 is 0 Å². The largest absolute Gasteiger partial charge is 0.389 e. The standard InChI is InChI=1S/C10H19NO/c1-2-10(12)4-3-9-5-7-11-8-6-9/h2,9-12H,1,3-8H2. The van der Waals surface area contributed by atoms with Crippen LogP contribution in [0.25, 0.3) is 0 Å². The quantitative estimate of drug-likeness (QED) is 0.622. The minimum Gasteiger partial charge on any atom is -0.389 e. The Morgan fingerprint density at radius 1 is 1.50 bits per heavy atom. The van der Waals surface area contributed by atoms with Gasteiger partial charge >= 0.3 is 0 Å². The molecule has 0 aliphatic carbocycles. The zero-order valence-electron chi connectivity index (χ0n) is 7.63. The SMILES string of the molecule is C=CC(O)CCC1CCNCC1. The Balaban J connectivity index is 2.08. The van der Waals surface area contributed by atoms with Gasteiger partial charge in [0.15, 0.2) is 0 Å². The first kappa shape index (κ1) is 9.75. The van der Waals surface area contributed by atoms with Crippen LogP contribution in [0, 0.1) is 5.92 Å². The summed E-state index contributed by atoms with van der Waals surface area (Å²) in [7, 11) is 0. The topological polar surface area (TPSA) is 32.3 Å². The molecule has 0 aromatic heterocycles. The molecule has 0 amide bonds. The van der Waals surface area contributed by atoms with Crippen LogP contribution in [0.5, 0.6) is 0 Å². The van der Waals surface area contributed by atoms with Crippen molar-refractivity contribution in [1.82, 2.24) is 5.32 Å². The van der Waals surface area contributed by atoms with E-state index in [0.29, 0.717) is 0 Å². The van der Waals surface area contributed by atoms with Crippen LogP contribution in [0.3, 0.4) is 0 Å². The van der Waals surface area contributed by atoms with Gasteiger partial charge in [-0.2, -0.15) is 0 Å². The summed E-state index contributed by atoms with van der Waals surface area (Å²) in [5.74, 6) is 0.820. The molecule has 1 aliphatic rings. The first-order valence-electron chi connectivity index (χ1n) is 4.84. The molecule has 0 aromatic carbocycles. The molecule has 1 unspecified atom stereocenters. The molecule has 70 valence electrons. The third-order valence-electron chi connectivity index (χ3n) is 2.60. The second-order valence-electron chi connectivity index (χ2n) is 3.57. The van der Waals surface area contributed by atoms with E-state index in [2.05, 4.69) is 11.9 Å². The molecule has 2 N–H and O–H groups in total. The van der Waals surface area contributed by atoms with Gasteiger partial charge in [-0.05, 0) is 44.7 Å². The van der Waals surface area contributed by atoms with E-state index in [1.807, 2.05) is 0 Å². The molecule has 2 heteroatoms. The molecule has 0 bridgehead atoms. The Morgan fingerprint density at radius 3 is 2.75 bits per heavy atom. The van der Waals surface area contributed by atoms with Gasteiger partial charge in [-0.1, -0.05) is 6.08 Å². The second-order valence-corrected chi connectivity index (χ2v) is 3.57. The van der Waals surface area contributed by atoms with Gasteiger partial charge in [0.1, 0.15) is 0 Å². The van der Waals surface area contributed by atoms with Gasteiger partial charge in [0.25, 0.3) is 0 Å². The predicted octanol–water partition coefficient (Wildman–Crippen LogP) is 1.31. The van der Waals surface area contributed by atoms with Gasteiger partial charge in [0.2, 0.25) is 0 Å². The van der Waals surface area contributed by atoms with Crippen LogP contribution in [-0.2, 0) is 0 Å². The van der Waals surface area contributed by atoms with E-state index in [1.165, 1.54) is 12.8 Å². The van der Waals surface area contributed by atoms with Gasteiger partial charge < -0.3 is 10.4 Å². The van der Waals surface area contributed by atoms with Gasteiger partial charge in [-0.3, -0.25) is 0 Å². The average molecular weight is 169 g/mol. The van der Waals surface area contributed by atoms with E-state index >= 15 is 0 Å². The highest BCUT2D eigenvalue weighted by Gasteiger charge is 2.13. The minimum absolute atomic E-state index is 0.292. The van der Waals surface area contributed by atoms with Crippen molar-refractivity contribution in [2.75, 3.05) is 13.1 Å². The maximum atomic E-state index is 9.25. The first-order chi connectivity index (χ1) is 5.83. The van der Waals surface area contributed by atoms with Crippen molar-refractivity contribution in [3.63, 3.8) is 0 Å². The fraction of sp³-hybridized carbons (Fsp3) is 0.800. The number of nitrogens with one attached hydrogen (secondary N) is 1. The normalized spacial score (nSPS) is 22.1. The van der Waals surface area contributed by atoms with E-state index in [0.717, 1.165) is 31.8 Å². The van der Waals surface area contributed by atoms with Crippen LogP contribution < -0.4 is 5.32 Å². The Kier molecular flexibility index (Phi) is 4.33. The Labute approximate surface area is 74.7 Å². The summed E-state index contributed by atoms with van der Waals surface area (Å²) in [6, 6.07) is 0. The Hall–Kier alpha value is -0.340. The Bertz CT molecular complexity index is 130. The number of aliphatic hydroxyl groups excluding tert-OH is 1. The molecule has 0 radical (unpaired) electrons. The van der Waals surface area contributed by atoms with Crippen LogP contribution >= 0.6 is 0 Å². The van der Waals surface area contributed by atoms with Crippen molar-refractivity contribution in [3.05, 3.63) is 12.7 Å². The van der Waals surface area contributed by atoms with Crippen LogP contribution in [0.2, 0.25) is 0 Å². The molecule has 1 atom stereocenters. The molecule has 1 saturated heterocycles. The molecule has 2 nitrogen and oxygen atoms in total. The molecule has 0 spiro atoms. The van der Waals surface area contributed by atoms with Gasteiger partial charge in [-0.25, -0.2) is 0 Å². The molecule has 1 rings (SSSR count). The molecule has 12 heavy (non-hydrogen) atoms. The molecule has 1 aliphatic heterocycles. The summed E-state index contributed by atoms with van der Waals surface area (Å²) in [5, 5.41) is 12.6. The lowest BCUT2D eigenvalue weighted by molar-refractivity contribution is 0.194. The summed E-state index contributed by atoms with van der Waals surface area (Å²) in [6.45, 7) is 5.86. The summed E-state index contributed by atoms with van der Waals surface area (Å²) in [6.07, 6.45) is 5.90. The third kappa shape index (κ3) is 3.37. The highest BCUT2D eigenvalue weighted by Crippen LogP contribution is 2.18. The summed E-state index contributed by atoms with van der Waals surface area (Å²) < 4.78 is 0. The maximum Gasteiger partial charge on any atom is 0.0718 e. The molecule has 1 heterocycles. The number of piperidine rings is 1. The summed E-state index contributed by atoms with van der Waals surface area (Å²) >= 11 is 0. The Morgan fingerprint density at radius 2 is 2.17 bits per heavy atom. The van der Waals surface area contributed by atoms with E-state index in [1.54, 1.807) is 6.08 Å². The van der Waals surface area contributed by atoms with E-state index in [4.69, 9.17) is 0 Å². The van der Waals surface area contributed by atoms with Crippen molar-refractivity contribution in [2.24, 2.45) is 5.92 Å². The molecule has 1 fully saturated rings. The lowest BCUT2D eigenvalue weighted by Gasteiger charge is -2.22. The van der Waals surface area contributed by atoms with Gasteiger partial charge in [0, 0.05) is 0 Å². The number of hydrogen-bond acceptors (Lipinski definition) is 2. The monoisotopic (exact) mass is 169 g/mol. The molecular weight excluding hydrogens is 150 g/mol. The lowest BCUT2D eigenvalue weighted by atomic mass is 9.92. The molecule has 0 saturated carbocycles. The minimum atomic E-state index is -0.292. The maximum absolute atomic E-state index is 9.25. The van der Waals surface area contributed by atoms with Crippen molar-refractivity contribution in [3.8, 4) is 0 Å². The average Bonchev–Trinajstić information content (AvgIpc) is 2.16. The predicted molar refractivity (Wildman–Crippen MR) is 51.0 cm³/mol. The molecular formula is C10H19NO. The van der Waals surface area contributed by atoms with Gasteiger partial charge in [-0.15, -0.1) is 6.58 Å². The van der Waals surface area contributed by atoms with Crippen LogP contribution in [0.4, 0.5) is 0 Å². The van der Waals surface area contributed by atoms with Gasteiger partial charge in [0.05, 0.1) is 6.10 Å². The van der Waals surface area contributed by atoms with E-state index in [-0.39, 0.29) is 6.10 Å². The summed E-state index contributed by atoms with van der Waals surface area (Å²) in [5.41, 5.74) is 0. The lowest BCUT2D eigenvalue weighted by Crippen LogP contribution is -2.28. The van der Waals surface area contributed by atoms with Crippen molar-refractivity contribution < 1.29 is 5.11 Å². The zero-order chi connectivity index (χ0) is 8.81. The highest BCUT2D eigenvalue weighted by atomic mass is 16.3. The van der Waals surface area contributed by atoms with Crippen LogP contribution in [0.15, 0.2) is 12.7 Å². The zero-order valence-corrected chi connectivity index (χ0v) is 7.63. The van der Waals surface area contributed by atoms with Crippen molar-refractivity contribution in [1.29, 1.82) is 0 Å². The number of hydrogen-bond donors (Lipinski definition) is 2. The molecule has 0 aromatic rings. The first-order valence-corrected chi connectivity index (χ1v) is 4.84. The van der Waals surface area contributed by atoms with Crippen molar-refractivity contribution >= 4 is 0 Å². The second kappa shape index (κ2) is 5.33. The van der Waals surface area contributed by atoms with Crippen LogP contribution in [0.1, 0.15) is 25.7 Å². The van der Waals surface area contributed by atoms with Crippen LogP contribution in [-0.4, -0.2) is 24.3 Å². The van der Waals surface area contributed by atoms with E-state index in [9.17, 15) is 5.11 Å². The fourth-order valence-electron chi connectivity index (χ4n) is 1.69.